The molecule has 26 heavy (non-hydrogen) atoms. The summed E-state index contributed by atoms with van der Waals surface area (Å²) in [6.07, 6.45) is 4.22. The van der Waals surface area contributed by atoms with Crippen LogP contribution in [0, 0.1) is 5.92 Å². The van der Waals surface area contributed by atoms with Crippen molar-refractivity contribution in [3.05, 3.63) is 64.9 Å². The number of ether oxygens (including phenoxy) is 1. The number of fused-ring (bicyclic) bond motifs is 1. The molecule has 0 saturated heterocycles. The molecular formula is C21H20ClNO3. The van der Waals surface area contributed by atoms with E-state index in [1.54, 1.807) is 13.4 Å². The van der Waals surface area contributed by atoms with E-state index in [1.807, 2.05) is 42.5 Å². The summed E-state index contributed by atoms with van der Waals surface area (Å²) in [6, 6.07) is 13.4. The van der Waals surface area contributed by atoms with Crippen molar-refractivity contribution < 1.29 is 13.9 Å². The van der Waals surface area contributed by atoms with Gasteiger partial charge in [-0.05, 0) is 48.6 Å². The fourth-order valence-electron chi connectivity index (χ4n) is 3.30. The van der Waals surface area contributed by atoms with Crippen molar-refractivity contribution in [3.8, 4) is 5.75 Å². The first-order valence-electron chi connectivity index (χ1n) is 8.73. The van der Waals surface area contributed by atoms with Gasteiger partial charge in [-0.2, -0.15) is 0 Å². The molecule has 1 aliphatic carbocycles. The lowest BCUT2D eigenvalue weighted by Gasteiger charge is -2.19. The normalized spacial score (nSPS) is 15.0. The van der Waals surface area contributed by atoms with Gasteiger partial charge >= 0.3 is 0 Å². The van der Waals surface area contributed by atoms with Crippen LogP contribution < -0.4 is 10.1 Å². The van der Waals surface area contributed by atoms with Gasteiger partial charge in [0.2, 0.25) is 5.91 Å². The van der Waals surface area contributed by atoms with Crippen LogP contribution in [0.3, 0.4) is 0 Å². The summed E-state index contributed by atoms with van der Waals surface area (Å²) >= 11 is 5.98. The minimum absolute atomic E-state index is 0.00429. The number of amides is 1. The standard InChI is InChI=1S/C21H20ClNO3/c1-25-17-8-9-18-15(12-26-19(18)11-17)10-20(24)23-21(13-2-3-13)14-4-6-16(22)7-5-14/h4-9,11-13,21H,2-3,10H2,1H3,(H,23,24)/t21-/m0/s1. The summed E-state index contributed by atoms with van der Waals surface area (Å²) in [5.74, 6) is 1.24. The zero-order valence-electron chi connectivity index (χ0n) is 14.5. The Balaban J connectivity index is 1.50. The van der Waals surface area contributed by atoms with Crippen molar-refractivity contribution in [2.24, 2.45) is 5.92 Å². The Morgan fingerprint density at radius 3 is 2.73 bits per heavy atom. The van der Waals surface area contributed by atoms with Crippen molar-refractivity contribution in [2.45, 2.75) is 25.3 Å². The van der Waals surface area contributed by atoms with Crippen LogP contribution >= 0.6 is 11.6 Å². The number of carbonyl (C=O) groups is 1. The zero-order valence-corrected chi connectivity index (χ0v) is 15.3. The Labute approximate surface area is 157 Å². The molecule has 0 unspecified atom stereocenters. The van der Waals surface area contributed by atoms with Crippen LogP contribution in [0.25, 0.3) is 11.0 Å². The quantitative estimate of drug-likeness (QED) is 0.672. The maximum Gasteiger partial charge on any atom is 0.225 e. The number of benzene rings is 2. The number of carbonyl (C=O) groups excluding carboxylic acids is 1. The molecule has 1 amide bonds. The maximum atomic E-state index is 12.7. The van der Waals surface area contributed by atoms with Crippen molar-refractivity contribution in [3.63, 3.8) is 0 Å². The predicted molar refractivity (Wildman–Crippen MR) is 102 cm³/mol. The molecule has 4 nitrogen and oxygen atoms in total. The van der Waals surface area contributed by atoms with Gasteiger partial charge in [0.15, 0.2) is 0 Å². The summed E-state index contributed by atoms with van der Waals surface area (Å²) < 4.78 is 10.8. The average Bonchev–Trinajstić information content (AvgIpc) is 3.42. The molecule has 1 heterocycles. The number of rotatable bonds is 6. The summed E-state index contributed by atoms with van der Waals surface area (Å²) in [4.78, 5) is 12.7. The first-order valence-corrected chi connectivity index (χ1v) is 9.11. The molecule has 134 valence electrons. The molecule has 0 radical (unpaired) electrons. The van der Waals surface area contributed by atoms with E-state index < -0.39 is 0 Å². The minimum Gasteiger partial charge on any atom is -0.497 e. The summed E-state index contributed by atoms with van der Waals surface area (Å²) in [5, 5.41) is 4.84. The first kappa shape index (κ1) is 17.0. The fourth-order valence-corrected chi connectivity index (χ4v) is 3.42. The maximum absolute atomic E-state index is 12.7. The zero-order chi connectivity index (χ0) is 18.1. The summed E-state index contributed by atoms with van der Waals surface area (Å²) in [5.41, 5.74) is 2.71. The van der Waals surface area contributed by atoms with Gasteiger partial charge < -0.3 is 14.5 Å². The van der Waals surface area contributed by atoms with Gasteiger partial charge in [0, 0.05) is 22.0 Å². The number of methoxy groups -OCH3 is 1. The Bertz CT molecular complexity index is 928. The molecular weight excluding hydrogens is 350 g/mol. The predicted octanol–water partition coefficient (Wildman–Crippen LogP) is 4.90. The Kier molecular flexibility index (Phi) is 4.60. The lowest BCUT2D eigenvalue weighted by Crippen LogP contribution is -2.31. The minimum atomic E-state index is -0.00429. The molecule has 0 bridgehead atoms. The van der Waals surface area contributed by atoms with Crippen molar-refractivity contribution >= 4 is 28.5 Å². The monoisotopic (exact) mass is 369 g/mol. The summed E-state index contributed by atoms with van der Waals surface area (Å²) in [6.45, 7) is 0. The second-order valence-electron chi connectivity index (χ2n) is 6.73. The Hall–Kier alpha value is -2.46. The van der Waals surface area contributed by atoms with E-state index in [0.717, 1.165) is 40.7 Å². The van der Waals surface area contributed by atoms with E-state index in [0.29, 0.717) is 10.9 Å². The van der Waals surface area contributed by atoms with Gasteiger partial charge in [-0.3, -0.25) is 4.79 Å². The molecule has 1 aromatic heterocycles. The molecule has 4 rings (SSSR count). The number of hydrogen-bond donors (Lipinski definition) is 1. The topological polar surface area (TPSA) is 51.5 Å². The van der Waals surface area contributed by atoms with Gasteiger partial charge in [0.25, 0.3) is 0 Å². The van der Waals surface area contributed by atoms with Crippen LogP contribution in [-0.4, -0.2) is 13.0 Å². The smallest absolute Gasteiger partial charge is 0.225 e. The molecule has 1 atom stereocenters. The number of halogens is 1. The Morgan fingerprint density at radius 2 is 2.04 bits per heavy atom. The molecule has 1 N–H and O–H groups in total. The lowest BCUT2D eigenvalue weighted by atomic mass is 10.0. The second kappa shape index (κ2) is 7.04. The van der Waals surface area contributed by atoms with Crippen LogP contribution in [0.4, 0.5) is 0 Å². The lowest BCUT2D eigenvalue weighted by molar-refractivity contribution is -0.121. The van der Waals surface area contributed by atoms with Gasteiger partial charge in [-0.25, -0.2) is 0 Å². The average molecular weight is 370 g/mol. The van der Waals surface area contributed by atoms with Crippen molar-refractivity contribution in [2.75, 3.05) is 7.11 Å². The number of nitrogens with one attached hydrogen (secondary N) is 1. The van der Waals surface area contributed by atoms with E-state index in [4.69, 9.17) is 20.8 Å². The van der Waals surface area contributed by atoms with Crippen LogP contribution in [0.2, 0.25) is 5.02 Å². The summed E-state index contributed by atoms with van der Waals surface area (Å²) in [7, 11) is 1.62. The highest BCUT2D eigenvalue weighted by Crippen LogP contribution is 2.41. The number of hydrogen-bond acceptors (Lipinski definition) is 3. The van der Waals surface area contributed by atoms with E-state index in [2.05, 4.69) is 5.32 Å². The molecule has 1 aliphatic rings. The highest BCUT2D eigenvalue weighted by molar-refractivity contribution is 6.30. The van der Waals surface area contributed by atoms with Crippen molar-refractivity contribution in [1.29, 1.82) is 0 Å². The third-order valence-corrected chi connectivity index (χ3v) is 5.10. The number of furan rings is 1. The largest absolute Gasteiger partial charge is 0.497 e. The van der Waals surface area contributed by atoms with Gasteiger partial charge in [0.1, 0.15) is 11.3 Å². The fraction of sp³-hybridized carbons (Fsp3) is 0.286. The van der Waals surface area contributed by atoms with E-state index in [-0.39, 0.29) is 18.4 Å². The van der Waals surface area contributed by atoms with Gasteiger partial charge in [0.05, 0.1) is 25.8 Å². The molecule has 1 fully saturated rings. The second-order valence-corrected chi connectivity index (χ2v) is 7.17. The third-order valence-electron chi connectivity index (χ3n) is 4.85. The van der Waals surface area contributed by atoms with Crippen LogP contribution in [0.1, 0.15) is 30.0 Å². The van der Waals surface area contributed by atoms with Gasteiger partial charge in [-0.15, -0.1) is 0 Å². The molecule has 0 aliphatic heterocycles. The first-order chi connectivity index (χ1) is 12.6. The van der Waals surface area contributed by atoms with E-state index in [1.165, 1.54) is 0 Å². The molecule has 5 heteroatoms. The van der Waals surface area contributed by atoms with Gasteiger partial charge in [-0.1, -0.05) is 23.7 Å². The molecule has 0 spiro atoms. The highest BCUT2D eigenvalue weighted by atomic mass is 35.5. The molecule has 1 saturated carbocycles. The van der Waals surface area contributed by atoms with Crippen LogP contribution in [-0.2, 0) is 11.2 Å². The third kappa shape index (κ3) is 3.56. The van der Waals surface area contributed by atoms with Crippen LogP contribution in [0.5, 0.6) is 5.75 Å². The van der Waals surface area contributed by atoms with Crippen molar-refractivity contribution in [1.82, 2.24) is 5.32 Å². The highest BCUT2D eigenvalue weighted by Gasteiger charge is 2.33. The van der Waals surface area contributed by atoms with Crippen LogP contribution in [0.15, 0.2) is 53.1 Å². The Morgan fingerprint density at radius 1 is 1.27 bits per heavy atom. The van der Waals surface area contributed by atoms with E-state index in [9.17, 15) is 4.79 Å². The van der Waals surface area contributed by atoms with E-state index >= 15 is 0 Å². The molecule has 2 aromatic carbocycles. The SMILES string of the molecule is COc1ccc2c(CC(=O)N[C@H](c3ccc(Cl)cc3)C3CC3)coc2c1. The molecule has 3 aromatic rings.